The van der Waals surface area contributed by atoms with E-state index in [2.05, 4.69) is 6.58 Å². The fraction of sp³-hybridized carbons (Fsp3) is 0.273. The van der Waals surface area contributed by atoms with E-state index in [1.165, 1.54) is 12.1 Å². The maximum atomic E-state index is 13.2. The molecule has 1 rings (SSSR count). The van der Waals surface area contributed by atoms with E-state index in [1.807, 2.05) is 0 Å². The average molecular weight is 234 g/mol. The SMILES string of the molecule is C=CCC[C@@H](N)c1cccc(F)c1F.Cl. The number of rotatable bonds is 4. The van der Waals surface area contributed by atoms with Crippen molar-refractivity contribution in [1.82, 2.24) is 0 Å². The molecule has 1 aromatic carbocycles. The van der Waals surface area contributed by atoms with Crippen LogP contribution in [0.4, 0.5) is 8.78 Å². The minimum absolute atomic E-state index is 0. The van der Waals surface area contributed by atoms with Crippen molar-refractivity contribution in [2.24, 2.45) is 5.73 Å². The van der Waals surface area contributed by atoms with Crippen molar-refractivity contribution in [2.75, 3.05) is 0 Å². The van der Waals surface area contributed by atoms with Crippen molar-refractivity contribution >= 4 is 12.4 Å². The highest BCUT2D eigenvalue weighted by molar-refractivity contribution is 5.85. The topological polar surface area (TPSA) is 26.0 Å². The van der Waals surface area contributed by atoms with Crippen LogP contribution in [0.5, 0.6) is 0 Å². The number of hydrogen-bond acceptors (Lipinski definition) is 1. The summed E-state index contributed by atoms with van der Waals surface area (Å²) in [6.07, 6.45) is 2.97. The molecular weight excluding hydrogens is 220 g/mol. The quantitative estimate of drug-likeness (QED) is 0.793. The van der Waals surface area contributed by atoms with Crippen LogP contribution in [0.15, 0.2) is 30.9 Å². The van der Waals surface area contributed by atoms with Gasteiger partial charge in [0.1, 0.15) is 0 Å². The predicted octanol–water partition coefficient (Wildman–Crippen LogP) is 3.35. The van der Waals surface area contributed by atoms with Gasteiger partial charge in [0.2, 0.25) is 0 Å². The van der Waals surface area contributed by atoms with E-state index in [9.17, 15) is 8.78 Å². The molecule has 15 heavy (non-hydrogen) atoms. The lowest BCUT2D eigenvalue weighted by Crippen LogP contribution is -2.12. The third-order valence-electron chi connectivity index (χ3n) is 2.06. The summed E-state index contributed by atoms with van der Waals surface area (Å²) in [6, 6.07) is 3.58. The fourth-order valence-electron chi connectivity index (χ4n) is 1.26. The first kappa shape index (κ1) is 14.1. The number of hydrogen-bond donors (Lipinski definition) is 1. The molecule has 0 aliphatic carbocycles. The largest absolute Gasteiger partial charge is 0.324 e. The zero-order valence-electron chi connectivity index (χ0n) is 8.25. The third kappa shape index (κ3) is 3.61. The molecule has 0 unspecified atom stereocenters. The Morgan fingerprint density at radius 3 is 2.67 bits per heavy atom. The van der Waals surface area contributed by atoms with Crippen molar-refractivity contribution < 1.29 is 8.78 Å². The smallest absolute Gasteiger partial charge is 0.163 e. The Labute approximate surface area is 94.4 Å². The van der Waals surface area contributed by atoms with Crippen LogP contribution in [-0.2, 0) is 0 Å². The summed E-state index contributed by atoms with van der Waals surface area (Å²) in [7, 11) is 0. The second-order valence-corrected chi connectivity index (χ2v) is 3.12. The highest BCUT2D eigenvalue weighted by Crippen LogP contribution is 2.20. The van der Waals surface area contributed by atoms with Gasteiger partial charge >= 0.3 is 0 Å². The Kier molecular flexibility index (Phi) is 6.13. The van der Waals surface area contributed by atoms with Crippen molar-refractivity contribution in [3.63, 3.8) is 0 Å². The molecule has 0 heterocycles. The molecule has 0 radical (unpaired) electrons. The highest BCUT2D eigenvalue weighted by Gasteiger charge is 2.13. The molecule has 0 bridgehead atoms. The molecule has 0 aliphatic heterocycles. The van der Waals surface area contributed by atoms with Crippen molar-refractivity contribution in [1.29, 1.82) is 0 Å². The molecule has 1 atom stereocenters. The van der Waals surface area contributed by atoms with Crippen molar-refractivity contribution in [3.8, 4) is 0 Å². The Balaban J connectivity index is 0.00000196. The van der Waals surface area contributed by atoms with Crippen LogP contribution in [-0.4, -0.2) is 0 Å². The highest BCUT2D eigenvalue weighted by atomic mass is 35.5. The number of benzene rings is 1. The molecule has 0 spiro atoms. The van der Waals surface area contributed by atoms with Gasteiger partial charge in [-0.1, -0.05) is 18.2 Å². The van der Waals surface area contributed by atoms with E-state index in [4.69, 9.17) is 5.73 Å². The maximum Gasteiger partial charge on any atom is 0.163 e. The first-order valence-electron chi connectivity index (χ1n) is 4.47. The van der Waals surface area contributed by atoms with Gasteiger partial charge in [0.25, 0.3) is 0 Å². The number of nitrogens with two attached hydrogens (primary N) is 1. The third-order valence-corrected chi connectivity index (χ3v) is 2.06. The molecule has 1 nitrogen and oxygen atoms in total. The molecule has 0 fully saturated rings. The van der Waals surface area contributed by atoms with E-state index in [0.29, 0.717) is 12.8 Å². The molecule has 0 aromatic heterocycles. The van der Waals surface area contributed by atoms with Gasteiger partial charge in [-0.2, -0.15) is 0 Å². The van der Waals surface area contributed by atoms with E-state index >= 15 is 0 Å². The zero-order valence-corrected chi connectivity index (χ0v) is 9.07. The van der Waals surface area contributed by atoms with Gasteiger partial charge in [-0.3, -0.25) is 0 Å². The van der Waals surface area contributed by atoms with Crippen molar-refractivity contribution in [3.05, 3.63) is 48.1 Å². The van der Waals surface area contributed by atoms with Crippen LogP contribution in [0.25, 0.3) is 0 Å². The lowest BCUT2D eigenvalue weighted by atomic mass is 10.0. The van der Waals surface area contributed by atoms with Crippen LogP contribution in [0.3, 0.4) is 0 Å². The first-order valence-corrected chi connectivity index (χ1v) is 4.47. The Bertz CT molecular complexity index is 328. The van der Waals surface area contributed by atoms with Gasteiger partial charge in [0.05, 0.1) is 0 Å². The summed E-state index contributed by atoms with van der Waals surface area (Å²) in [4.78, 5) is 0. The lowest BCUT2D eigenvalue weighted by molar-refractivity contribution is 0.484. The van der Waals surface area contributed by atoms with E-state index < -0.39 is 17.7 Å². The van der Waals surface area contributed by atoms with Crippen LogP contribution < -0.4 is 5.73 Å². The minimum Gasteiger partial charge on any atom is -0.324 e. The van der Waals surface area contributed by atoms with Crippen LogP contribution >= 0.6 is 12.4 Å². The molecule has 4 heteroatoms. The summed E-state index contributed by atoms with van der Waals surface area (Å²) in [5.41, 5.74) is 5.92. The molecule has 0 saturated carbocycles. The zero-order chi connectivity index (χ0) is 10.6. The van der Waals surface area contributed by atoms with Gasteiger partial charge in [0.15, 0.2) is 11.6 Å². The van der Waals surface area contributed by atoms with Gasteiger partial charge in [-0.15, -0.1) is 19.0 Å². The van der Waals surface area contributed by atoms with E-state index in [0.717, 1.165) is 6.07 Å². The second kappa shape index (κ2) is 6.53. The average Bonchev–Trinajstić information content (AvgIpc) is 2.18. The summed E-state index contributed by atoms with van der Waals surface area (Å²) in [5.74, 6) is -1.69. The molecule has 0 aliphatic rings. The van der Waals surface area contributed by atoms with E-state index in [1.54, 1.807) is 6.08 Å². The molecule has 1 aromatic rings. The van der Waals surface area contributed by atoms with E-state index in [-0.39, 0.29) is 18.0 Å². The van der Waals surface area contributed by atoms with Gasteiger partial charge in [0, 0.05) is 11.6 Å². The summed E-state index contributed by atoms with van der Waals surface area (Å²) < 4.78 is 26.0. The summed E-state index contributed by atoms with van der Waals surface area (Å²) in [6.45, 7) is 3.54. The lowest BCUT2D eigenvalue weighted by Gasteiger charge is -2.11. The standard InChI is InChI=1S/C11H13F2N.ClH/c1-2-3-7-10(14)8-5-4-6-9(12)11(8)13;/h2,4-6,10H,1,3,7,14H2;1H/t10-;/m1./s1. The second-order valence-electron chi connectivity index (χ2n) is 3.12. The summed E-state index contributed by atoms with van der Waals surface area (Å²) >= 11 is 0. The van der Waals surface area contributed by atoms with Crippen LogP contribution in [0.2, 0.25) is 0 Å². The van der Waals surface area contributed by atoms with Crippen LogP contribution in [0.1, 0.15) is 24.4 Å². The van der Waals surface area contributed by atoms with Gasteiger partial charge in [-0.05, 0) is 18.9 Å². The maximum absolute atomic E-state index is 13.2. The van der Waals surface area contributed by atoms with Crippen LogP contribution in [0, 0.1) is 11.6 Å². The molecule has 0 amide bonds. The van der Waals surface area contributed by atoms with Gasteiger partial charge in [-0.25, -0.2) is 8.78 Å². The molecule has 2 N–H and O–H groups in total. The fourth-order valence-corrected chi connectivity index (χ4v) is 1.26. The predicted molar refractivity (Wildman–Crippen MR) is 60.0 cm³/mol. The summed E-state index contributed by atoms with van der Waals surface area (Å²) in [5, 5.41) is 0. The van der Waals surface area contributed by atoms with Gasteiger partial charge < -0.3 is 5.73 Å². The molecule has 84 valence electrons. The molecule has 0 saturated heterocycles. The minimum atomic E-state index is -0.850. The number of halogens is 3. The van der Waals surface area contributed by atoms with Crippen molar-refractivity contribution in [2.45, 2.75) is 18.9 Å². The first-order chi connectivity index (χ1) is 6.66. The Hall–Kier alpha value is -0.930. The number of allylic oxidation sites excluding steroid dienone is 1. The monoisotopic (exact) mass is 233 g/mol. The molecular formula is C11H14ClF2N. The normalized spacial score (nSPS) is 11.7. The Morgan fingerprint density at radius 2 is 2.07 bits per heavy atom. The Morgan fingerprint density at radius 1 is 1.40 bits per heavy atom.